The van der Waals surface area contributed by atoms with Crippen LogP contribution in [-0.4, -0.2) is 12.0 Å². The minimum atomic E-state index is 0.225. The smallest absolute Gasteiger partial charge is 0.0502 e. The molecule has 3 rings (SSSR count). The van der Waals surface area contributed by atoms with Crippen molar-refractivity contribution in [3.8, 4) is 0 Å². The highest BCUT2D eigenvalue weighted by Gasteiger charge is 2.16. The summed E-state index contributed by atoms with van der Waals surface area (Å²) in [7, 11) is 1.93. The van der Waals surface area contributed by atoms with Gasteiger partial charge in [-0.3, -0.25) is 4.98 Å². The van der Waals surface area contributed by atoms with Crippen LogP contribution in [0, 0.1) is 12.8 Å². The molecule has 1 aliphatic carbocycles. The van der Waals surface area contributed by atoms with Crippen LogP contribution in [0.4, 0.5) is 11.4 Å². The highest BCUT2D eigenvalue weighted by Crippen LogP contribution is 2.33. The number of rotatable bonds is 11. The maximum absolute atomic E-state index is 4.73. The Kier molecular flexibility index (Phi) is 10.1. The fraction of sp³-hybridized carbons (Fsp3) is 0.303. The molecule has 0 aliphatic heterocycles. The number of aromatic nitrogens is 1. The molecular weight excluding hydrogens is 438 g/mol. The molecule has 0 spiro atoms. The van der Waals surface area contributed by atoms with Crippen molar-refractivity contribution in [2.75, 3.05) is 12.4 Å². The van der Waals surface area contributed by atoms with Crippen LogP contribution in [-0.2, 0) is 6.42 Å². The molecule has 0 fully saturated rings. The predicted molar refractivity (Wildman–Crippen MR) is 158 cm³/mol. The number of aryl methyl sites for hydroxylation is 2. The van der Waals surface area contributed by atoms with E-state index in [2.05, 4.69) is 118 Å². The first-order valence-corrected chi connectivity index (χ1v) is 13.0. The van der Waals surface area contributed by atoms with Gasteiger partial charge in [0.2, 0.25) is 0 Å². The van der Waals surface area contributed by atoms with Crippen molar-refractivity contribution >= 4 is 23.0 Å². The summed E-state index contributed by atoms with van der Waals surface area (Å²) in [6.45, 7) is 13.1. The molecule has 1 unspecified atom stereocenters. The van der Waals surface area contributed by atoms with Crippen LogP contribution in [0.1, 0.15) is 62.5 Å². The standard InChI is InChI=1S/C33H41N3/c1-7-9-10-13-29(23-27(8-2)20-21-34-6)26(5)25(4)28-16-18-30(19-17-28)36-33-22-24(3)35-32-15-12-11-14-31(32)33/h8-11,13-14,16-22,26,34H,4,7,12,15,23H2,1-3,5-6H3,(H,35,36)/b10-9-,21-20-,27-8+,29-13-. The Hall–Kier alpha value is -3.59. The molecule has 0 saturated carbocycles. The summed E-state index contributed by atoms with van der Waals surface area (Å²) in [6.07, 6.45) is 21.3. The van der Waals surface area contributed by atoms with Crippen LogP contribution < -0.4 is 10.6 Å². The second-order valence-electron chi connectivity index (χ2n) is 9.30. The number of pyridine rings is 1. The molecule has 1 heterocycles. The lowest BCUT2D eigenvalue weighted by Crippen LogP contribution is -2.05. The number of hydrogen-bond acceptors (Lipinski definition) is 3. The van der Waals surface area contributed by atoms with Crippen molar-refractivity contribution in [3.05, 3.63) is 113 Å². The number of anilines is 2. The van der Waals surface area contributed by atoms with Crippen molar-refractivity contribution in [1.82, 2.24) is 10.3 Å². The average Bonchev–Trinajstić information content (AvgIpc) is 2.89. The van der Waals surface area contributed by atoms with E-state index in [0.717, 1.165) is 48.3 Å². The molecule has 1 aliphatic rings. The van der Waals surface area contributed by atoms with Gasteiger partial charge in [0.1, 0.15) is 0 Å². The number of benzene rings is 1. The van der Waals surface area contributed by atoms with E-state index < -0.39 is 0 Å². The fourth-order valence-electron chi connectivity index (χ4n) is 4.41. The van der Waals surface area contributed by atoms with E-state index in [9.17, 15) is 0 Å². The summed E-state index contributed by atoms with van der Waals surface area (Å²) < 4.78 is 0. The summed E-state index contributed by atoms with van der Waals surface area (Å²) in [4.78, 5) is 4.73. The van der Waals surface area contributed by atoms with E-state index >= 15 is 0 Å². The lowest BCUT2D eigenvalue weighted by atomic mass is 9.85. The zero-order valence-electron chi connectivity index (χ0n) is 22.6. The van der Waals surface area contributed by atoms with Gasteiger partial charge >= 0.3 is 0 Å². The Morgan fingerprint density at radius 2 is 2.00 bits per heavy atom. The molecule has 188 valence electrons. The van der Waals surface area contributed by atoms with Crippen molar-refractivity contribution in [3.63, 3.8) is 0 Å². The molecule has 1 atom stereocenters. The third kappa shape index (κ3) is 7.21. The Morgan fingerprint density at radius 1 is 1.22 bits per heavy atom. The Morgan fingerprint density at radius 3 is 2.69 bits per heavy atom. The minimum Gasteiger partial charge on any atom is -0.394 e. The SMILES string of the molecule is C=C(c1ccc(Nc2cc(C)nc3c2C=CCC3)cc1)C(C)/C(=C\C=C/CC)CC(/C=C\NC)=C/C. The monoisotopic (exact) mass is 479 g/mol. The van der Waals surface area contributed by atoms with Crippen molar-refractivity contribution in [2.45, 2.75) is 53.4 Å². The number of allylic oxidation sites excluding steroid dienone is 9. The lowest BCUT2D eigenvalue weighted by molar-refractivity contribution is 0.843. The molecule has 2 aromatic rings. The summed E-state index contributed by atoms with van der Waals surface area (Å²) in [5, 5.41) is 6.71. The van der Waals surface area contributed by atoms with E-state index in [-0.39, 0.29) is 5.92 Å². The van der Waals surface area contributed by atoms with Crippen molar-refractivity contribution in [1.29, 1.82) is 0 Å². The maximum Gasteiger partial charge on any atom is 0.0502 e. The third-order valence-corrected chi connectivity index (χ3v) is 6.64. The van der Waals surface area contributed by atoms with Crippen LogP contribution in [0.2, 0.25) is 0 Å². The molecule has 1 aromatic heterocycles. The molecule has 0 amide bonds. The molecule has 0 radical (unpaired) electrons. The van der Waals surface area contributed by atoms with Gasteiger partial charge in [0, 0.05) is 35.6 Å². The predicted octanol–water partition coefficient (Wildman–Crippen LogP) is 8.70. The number of nitrogens with one attached hydrogen (secondary N) is 2. The second kappa shape index (κ2) is 13.5. The summed E-state index contributed by atoms with van der Waals surface area (Å²) >= 11 is 0. The Bertz CT molecular complexity index is 1190. The normalized spacial score (nSPS) is 14.8. The van der Waals surface area contributed by atoms with E-state index in [1.807, 2.05) is 13.2 Å². The maximum atomic E-state index is 4.73. The second-order valence-corrected chi connectivity index (χ2v) is 9.30. The van der Waals surface area contributed by atoms with Gasteiger partial charge < -0.3 is 10.6 Å². The van der Waals surface area contributed by atoms with Crippen LogP contribution in [0.3, 0.4) is 0 Å². The highest BCUT2D eigenvalue weighted by molar-refractivity contribution is 5.76. The van der Waals surface area contributed by atoms with E-state index in [1.165, 1.54) is 28.0 Å². The molecule has 0 saturated heterocycles. The minimum absolute atomic E-state index is 0.225. The van der Waals surface area contributed by atoms with Crippen molar-refractivity contribution < 1.29 is 0 Å². The Labute approximate surface area is 218 Å². The quantitative estimate of drug-likeness (QED) is 0.316. The molecular formula is C33H41N3. The summed E-state index contributed by atoms with van der Waals surface area (Å²) in [6, 6.07) is 10.8. The van der Waals surface area contributed by atoms with E-state index in [0.29, 0.717) is 0 Å². The van der Waals surface area contributed by atoms with Crippen LogP contribution in [0.5, 0.6) is 0 Å². The highest BCUT2D eigenvalue weighted by atomic mass is 14.9. The molecule has 36 heavy (non-hydrogen) atoms. The van der Waals surface area contributed by atoms with Gasteiger partial charge in [0.25, 0.3) is 0 Å². The largest absolute Gasteiger partial charge is 0.394 e. The van der Waals surface area contributed by atoms with Gasteiger partial charge in [0.15, 0.2) is 0 Å². The molecule has 1 aromatic carbocycles. The molecule has 3 heteroatoms. The number of fused-ring (bicyclic) bond motifs is 1. The van der Waals surface area contributed by atoms with Gasteiger partial charge in [-0.05, 0) is 86.7 Å². The zero-order chi connectivity index (χ0) is 25.9. The number of nitrogens with zero attached hydrogens (tertiary/aromatic N) is 1. The first-order chi connectivity index (χ1) is 17.5. The average molecular weight is 480 g/mol. The first kappa shape index (κ1) is 27.0. The van der Waals surface area contributed by atoms with E-state index in [1.54, 1.807) is 0 Å². The van der Waals surface area contributed by atoms with Crippen molar-refractivity contribution in [2.24, 2.45) is 5.92 Å². The molecule has 3 nitrogen and oxygen atoms in total. The third-order valence-electron chi connectivity index (χ3n) is 6.64. The van der Waals surface area contributed by atoms with Crippen LogP contribution >= 0.6 is 0 Å². The molecule has 0 bridgehead atoms. The molecule has 2 N–H and O–H groups in total. The zero-order valence-corrected chi connectivity index (χ0v) is 22.6. The van der Waals surface area contributed by atoms with E-state index in [4.69, 9.17) is 4.98 Å². The summed E-state index contributed by atoms with van der Waals surface area (Å²) in [5.74, 6) is 0.225. The van der Waals surface area contributed by atoms with Crippen LogP contribution in [0.15, 0.2) is 90.7 Å². The topological polar surface area (TPSA) is 37.0 Å². The van der Waals surface area contributed by atoms with Crippen LogP contribution in [0.25, 0.3) is 11.6 Å². The van der Waals surface area contributed by atoms with Gasteiger partial charge in [0.05, 0.1) is 5.69 Å². The first-order valence-electron chi connectivity index (χ1n) is 13.0. The van der Waals surface area contributed by atoms with Gasteiger partial charge in [-0.1, -0.05) is 74.6 Å². The summed E-state index contributed by atoms with van der Waals surface area (Å²) in [5.41, 5.74) is 10.6. The lowest BCUT2D eigenvalue weighted by Gasteiger charge is -2.20. The Balaban J connectivity index is 1.79. The van der Waals surface area contributed by atoms with Gasteiger partial charge in [-0.25, -0.2) is 0 Å². The number of hydrogen-bond donors (Lipinski definition) is 2. The van der Waals surface area contributed by atoms with Gasteiger partial charge in [-0.2, -0.15) is 0 Å². The fourth-order valence-corrected chi connectivity index (χ4v) is 4.41. The van der Waals surface area contributed by atoms with Gasteiger partial charge in [-0.15, -0.1) is 0 Å².